The fourth-order valence-corrected chi connectivity index (χ4v) is 4.13. The minimum atomic E-state index is -0.256. The van der Waals surface area contributed by atoms with Crippen molar-refractivity contribution in [2.75, 3.05) is 23.3 Å². The highest BCUT2D eigenvalue weighted by molar-refractivity contribution is 6.31. The Balaban J connectivity index is 1.57. The molecule has 164 valence electrons. The number of aryl methyl sites for hydroxylation is 1. The van der Waals surface area contributed by atoms with Gasteiger partial charge in [0.25, 0.3) is 5.91 Å². The van der Waals surface area contributed by atoms with Crippen LogP contribution >= 0.6 is 23.2 Å². The van der Waals surface area contributed by atoms with Crippen LogP contribution in [0.4, 0.5) is 16.2 Å². The third-order valence-electron chi connectivity index (χ3n) is 5.37. The Kier molecular flexibility index (Phi) is 6.68. The molecule has 0 bridgehead atoms. The van der Waals surface area contributed by atoms with E-state index in [1.54, 1.807) is 34.1 Å². The number of urea groups is 1. The van der Waals surface area contributed by atoms with Crippen molar-refractivity contribution in [3.05, 3.63) is 93.5 Å². The number of anilines is 2. The maximum Gasteiger partial charge on any atom is 0.324 e. The van der Waals surface area contributed by atoms with Gasteiger partial charge in [0.2, 0.25) is 0 Å². The van der Waals surface area contributed by atoms with Crippen LogP contribution < -0.4 is 10.2 Å². The average molecular weight is 468 g/mol. The Morgan fingerprint density at radius 1 is 0.969 bits per heavy atom. The molecule has 3 aromatic rings. The van der Waals surface area contributed by atoms with Crippen LogP contribution in [-0.2, 0) is 6.54 Å². The molecular weight excluding hydrogens is 445 g/mol. The number of hydrogen-bond acceptors (Lipinski definition) is 2. The molecule has 1 saturated heterocycles. The van der Waals surface area contributed by atoms with E-state index in [1.165, 1.54) is 0 Å². The van der Waals surface area contributed by atoms with E-state index in [2.05, 4.69) is 5.32 Å². The molecule has 0 radical (unpaired) electrons. The second kappa shape index (κ2) is 9.63. The first-order chi connectivity index (χ1) is 15.4. The SMILES string of the molecule is Cc1ccc(N2CCCN(Cc3cccc(Cl)c3)C2=O)c(NC(=O)c2ccc(Cl)cc2)c1. The van der Waals surface area contributed by atoms with Crippen molar-refractivity contribution in [3.63, 3.8) is 0 Å². The lowest BCUT2D eigenvalue weighted by atomic mass is 10.1. The summed E-state index contributed by atoms with van der Waals surface area (Å²) in [6, 6.07) is 19.8. The van der Waals surface area contributed by atoms with Crippen molar-refractivity contribution in [3.8, 4) is 0 Å². The van der Waals surface area contributed by atoms with Gasteiger partial charge in [-0.05, 0) is 73.0 Å². The largest absolute Gasteiger partial charge is 0.324 e. The van der Waals surface area contributed by atoms with E-state index >= 15 is 0 Å². The van der Waals surface area contributed by atoms with Gasteiger partial charge in [-0.25, -0.2) is 4.79 Å². The Bertz CT molecular complexity index is 1150. The van der Waals surface area contributed by atoms with E-state index in [0.717, 1.165) is 17.5 Å². The summed E-state index contributed by atoms with van der Waals surface area (Å²) in [5, 5.41) is 4.18. The number of carbonyl (C=O) groups excluding carboxylic acids is 2. The molecule has 3 amide bonds. The molecule has 3 aromatic carbocycles. The fraction of sp³-hybridized carbons (Fsp3) is 0.200. The third-order valence-corrected chi connectivity index (χ3v) is 5.86. The first-order valence-electron chi connectivity index (χ1n) is 10.4. The first-order valence-corrected chi connectivity index (χ1v) is 11.1. The average Bonchev–Trinajstić information content (AvgIpc) is 2.76. The van der Waals surface area contributed by atoms with E-state index < -0.39 is 0 Å². The maximum atomic E-state index is 13.3. The van der Waals surface area contributed by atoms with E-state index in [9.17, 15) is 9.59 Å². The van der Waals surface area contributed by atoms with E-state index in [-0.39, 0.29) is 11.9 Å². The van der Waals surface area contributed by atoms with Gasteiger partial charge in [-0.2, -0.15) is 0 Å². The van der Waals surface area contributed by atoms with Gasteiger partial charge in [0.05, 0.1) is 11.4 Å². The first kappa shape index (κ1) is 22.2. The molecule has 0 saturated carbocycles. The number of halogens is 2. The minimum Gasteiger partial charge on any atom is -0.320 e. The monoisotopic (exact) mass is 467 g/mol. The summed E-state index contributed by atoms with van der Waals surface area (Å²) in [6.45, 7) is 3.68. The second-order valence-electron chi connectivity index (χ2n) is 7.82. The molecule has 0 atom stereocenters. The maximum absolute atomic E-state index is 13.3. The van der Waals surface area contributed by atoms with Crippen LogP contribution in [0.3, 0.4) is 0 Å². The molecule has 7 heteroatoms. The number of carbonyl (C=O) groups is 2. The predicted octanol–water partition coefficient (Wildman–Crippen LogP) is 6.39. The van der Waals surface area contributed by atoms with Gasteiger partial charge in [-0.3, -0.25) is 9.69 Å². The fourth-order valence-electron chi connectivity index (χ4n) is 3.79. The minimum absolute atomic E-state index is 0.0953. The van der Waals surface area contributed by atoms with Crippen molar-refractivity contribution >= 4 is 46.5 Å². The second-order valence-corrected chi connectivity index (χ2v) is 8.69. The van der Waals surface area contributed by atoms with Gasteiger partial charge in [-0.15, -0.1) is 0 Å². The molecule has 32 heavy (non-hydrogen) atoms. The molecule has 1 fully saturated rings. The molecule has 1 aliphatic heterocycles. The van der Waals surface area contributed by atoms with Crippen molar-refractivity contribution < 1.29 is 9.59 Å². The number of amides is 3. The van der Waals surface area contributed by atoms with Gasteiger partial charge >= 0.3 is 6.03 Å². The molecule has 1 aliphatic rings. The summed E-state index contributed by atoms with van der Waals surface area (Å²) in [5.74, 6) is -0.256. The summed E-state index contributed by atoms with van der Waals surface area (Å²) < 4.78 is 0. The molecular formula is C25H23Cl2N3O2. The Labute approximate surface area is 197 Å². The van der Waals surface area contributed by atoms with Crippen LogP contribution in [0.1, 0.15) is 27.9 Å². The van der Waals surface area contributed by atoms with Gasteiger partial charge < -0.3 is 10.2 Å². The van der Waals surface area contributed by atoms with E-state index in [1.807, 2.05) is 49.4 Å². The number of nitrogens with zero attached hydrogens (tertiary/aromatic N) is 2. The van der Waals surface area contributed by atoms with Crippen molar-refractivity contribution in [2.24, 2.45) is 0 Å². The molecule has 0 spiro atoms. The summed E-state index contributed by atoms with van der Waals surface area (Å²) >= 11 is 12.0. The van der Waals surface area contributed by atoms with Crippen LogP contribution in [0.2, 0.25) is 10.0 Å². The van der Waals surface area contributed by atoms with E-state index in [4.69, 9.17) is 23.2 Å². The number of benzene rings is 3. The Hall–Kier alpha value is -3.02. The van der Waals surface area contributed by atoms with Crippen molar-refractivity contribution in [1.29, 1.82) is 0 Å². The predicted molar refractivity (Wildman–Crippen MR) is 130 cm³/mol. The van der Waals surface area contributed by atoms with Crippen LogP contribution in [0, 0.1) is 6.92 Å². The topological polar surface area (TPSA) is 52.6 Å². The molecule has 0 unspecified atom stereocenters. The Morgan fingerprint density at radius 3 is 2.50 bits per heavy atom. The van der Waals surface area contributed by atoms with Crippen LogP contribution in [-0.4, -0.2) is 29.9 Å². The summed E-state index contributed by atoms with van der Waals surface area (Å²) in [7, 11) is 0. The van der Waals surface area contributed by atoms with Gasteiger partial charge in [0.15, 0.2) is 0 Å². The third kappa shape index (κ3) is 5.06. The zero-order valence-corrected chi connectivity index (χ0v) is 19.2. The van der Waals surface area contributed by atoms with Gasteiger partial charge in [-0.1, -0.05) is 41.4 Å². The summed E-state index contributed by atoms with van der Waals surface area (Å²) in [5.41, 5.74) is 3.74. The molecule has 1 N–H and O–H groups in total. The molecule has 0 aromatic heterocycles. The standard InChI is InChI=1S/C25H23Cl2N3O2/c1-17-6-11-23(22(14-17)28-24(31)19-7-9-20(26)10-8-19)30-13-3-12-29(25(30)32)16-18-4-2-5-21(27)15-18/h2,4-11,14-15H,3,12-13,16H2,1H3,(H,28,31). The van der Waals surface area contributed by atoms with E-state index in [0.29, 0.717) is 46.6 Å². The highest BCUT2D eigenvalue weighted by atomic mass is 35.5. The normalized spacial score (nSPS) is 13.9. The molecule has 1 heterocycles. The lowest BCUT2D eigenvalue weighted by molar-refractivity contribution is 0.102. The number of hydrogen-bond donors (Lipinski definition) is 1. The number of rotatable bonds is 5. The summed E-state index contributed by atoms with van der Waals surface area (Å²) in [4.78, 5) is 29.7. The van der Waals surface area contributed by atoms with Gasteiger partial charge in [0, 0.05) is 35.2 Å². The zero-order chi connectivity index (χ0) is 22.7. The molecule has 4 rings (SSSR count). The van der Waals surface area contributed by atoms with Crippen LogP contribution in [0.25, 0.3) is 0 Å². The highest BCUT2D eigenvalue weighted by Gasteiger charge is 2.28. The quantitative estimate of drug-likeness (QED) is 0.472. The van der Waals surface area contributed by atoms with Crippen molar-refractivity contribution in [2.45, 2.75) is 19.9 Å². The lowest BCUT2D eigenvalue weighted by Crippen LogP contribution is -2.49. The highest BCUT2D eigenvalue weighted by Crippen LogP contribution is 2.31. The zero-order valence-electron chi connectivity index (χ0n) is 17.6. The molecule has 5 nitrogen and oxygen atoms in total. The Morgan fingerprint density at radius 2 is 1.75 bits per heavy atom. The van der Waals surface area contributed by atoms with Gasteiger partial charge in [0.1, 0.15) is 0 Å². The van der Waals surface area contributed by atoms with Crippen LogP contribution in [0.5, 0.6) is 0 Å². The summed E-state index contributed by atoms with van der Waals surface area (Å²) in [6.07, 6.45) is 0.824. The lowest BCUT2D eigenvalue weighted by Gasteiger charge is -2.36. The number of nitrogens with one attached hydrogen (secondary N) is 1. The van der Waals surface area contributed by atoms with Crippen molar-refractivity contribution in [1.82, 2.24) is 4.90 Å². The molecule has 0 aliphatic carbocycles. The van der Waals surface area contributed by atoms with Crippen LogP contribution in [0.15, 0.2) is 66.7 Å². The smallest absolute Gasteiger partial charge is 0.320 e.